The van der Waals surface area contributed by atoms with Crippen LogP contribution in [0, 0.1) is 0 Å². The summed E-state index contributed by atoms with van der Waals surface area (Å²) >= 11 is 0. The first-order valence-electron chi connectivity index (χ1n) is 5.27. The number of nitrogens with zero attached hydrogens (tertiary/aromatic N) is 4. The molecule has 0 spiro atoms. The molecule has 1 aliphatic rings. The maximum Gasteiger partial charge on any atom is 0.278 e. The van der Waals surface area contributed by atoms with Gasteiger partial charge in [-0.2, -0.15) is 4.98 Å². The Kier molecular flexibility index (Phi) is 2.34. The molecule has 0 amide bonds. The van der Waals surface area contributed by atoms with Crippen molar-refractivity contribution in [2.75, 3.05) is 6.54 Å². The molecule has 6 nitrogen and oxygen atoms in total. The fourth-order valence-electron chi connectivity index (χ4n) is 1.79. The molecule has 0 bridgehead atoms. The van der Waals surface area contributed by atoms with Crippen molar-refractivity contribution in [2.45, 2.75) is 18.9 Å². The fourth-order valence-corrected chi connectivity index (χ4v) is 1.79. The van der Waals surface area contributed by atoms with Crippen LogP contribution in [0.2, 0.25) is 0 Å². The molecule has 16 heavy (non-hydrogen) atoms. The van der Waals surface area contributed by atoms with E-state index >= 15 is 0 Å². The van der Waals surface area contributed by atoms with E-state index in [4.69, 9.17) is 4.52 Å². The molecule has 2 aromatic heterocycles. The van der Waals surface area contributed by atoms with Gasteiger partial charge in [-0.3, -0.25) is 4.98 Å². The molecule has 1 N–H and O–H groups in total. The van der Waals surface area contributed by atoms with Gasteiger partial charge in [0.1, 0.15) is 5.69 Å². The maximum atomic E-state index is 5.16. The van der Waals surface area contributed by atoms with Crippen LogP contribution in [0.1, 0.15) is 24.7 Å². The van der Waals surface area contributed by atoms with E-state index in [0.29, 0.717) is 17.4 Å². The predicted octanol–water partition coefficient (Wildman–Crippen LogP) is 0.951. The SMILES string of the molecule is c1cnc(-c2nc(C3CCCN3)no2)cn1. The van der Waals surface area contributed by atoms with Gasteiger partial charge in [-0.15, -0.1) is 0 Å². The molecule has 3 heterocycles. The molecule has 2 aromatic rings. The highest BCUT2D eigenvalue weighted by molar-refractivity contribution is 5.43. The zero-order valence-electron chi connectivity index (χ0n) is 8.63. The minimum absolute atomic E-state index is 0.217. The van der Waals surface area contributed by atoms with Crippen molar-refractivity contribution < 1.29 is 4.52 Å². The third-order valence-corrected chi connectivity index (χ3v) is 2.60. The maximum absolute atomic E-state index is 5.16. The first kappa shape index (κ1) is 9.41. The monoisotopic (exact) mass is 217 g/mol. The summed E-state index contributed by atoms with van der Waals surface area (Å²) in [5.74, 6) is 1.13. The number of aromatic nitrogens is 4. The minimum Gasteiger partial charge on any atom is -0.332 e. The minimum atomic E-state index is 0.217. The van der Waals surface area contributed by atoms with Gasteiger partial charge in [-0.05, 0) is 19.4 Å². The lowest BCUT2D eigenvalue weighted by Gasteiger charge is -2.01. The highest BCUT2D eigenvalue weighted by atomic mass is 16.5. The number of rotatable bonds is 2. The molecule has 0 aliphatic carbocycles. The van der Waals surface area contributed by atoms with Crippen molar-refractivity contribution in [1.29, 1.82) is 0 Å². The Bertz CT molecular complexity index is 463. The largest absolute Gasteiger partial charge is 0.332 e. The summed E-state index contributed by atoms with van der Waals surface area (Å²) in [6.45, 7) is 1.01. The average molecular weight is 217 g/mol. The summed E-state index contributed by atoms with van der Waals surface area (Å²) in [5, 5.41) is 7.27. The van der Waals surface area contributed by atoms with Crippen LogP contribution in [0.3, 0.4) is 0 Å². The van der Waals surface area contributed by atoms with Crippen LogP contribution >= 0.6 is 0 Å². The fraction of sp³-hybridized carbons (Fsp3) is 0.400. The number of nitrogens with one attached hydrogen (secondary N) is 1. The van der Waals surface area contributed by atoms with E-state index in [2.05, 4.69) is 25.4 Å². The van der Waals surface area contributed by atoms with Crippen LogP contribution in [0.15, 0.2) is 23.1 Å². The Labute approximate surface area is 92.1 Å². The standard InChI is InChI=1S/C10H11N5O/c1-2-7(12-3-1)9-14-10(16-15-9)8-6-11-4-5-13-8/h4-7,12H,1-3H2. The van der Waals surface area contributed by atoms with E-state index in [9.17, 15) is 0 Å². The molecule has 1 saturated heterocycles. The molecule has 0 saturated carbocycles. The molecule has 1 unspecified atom stereocenters. The summed E-state index contributed by atoms with van der Waals surface area (Å²) in [6, 6.07) is 0.217. The van der Waals surface area contributed by atoms with Crippen LogP contribution in [-0.4, -0.2) is 26.7 Å². The quantitative estimate of drug-likeness (QED) is 0.807. The normalized spacial score (nSPS) is 20.1. The van der Waals surface area contributed by atoms with Gasteiger partial charge in [0.05, 0.1) is 12.2 Å². The molecule has 1 fully saturated rings. The van der Waals surface area contributed by atoms with Crippen molar-refractivity contribution in [3.63, 3.8) is 0 Å². The third kappa shape index (κ3) is 1.67. The third-order valence-electron chi connectivity index (χ3n) is 2.60. The van der Waals surface area contributed by atoms with E-state index in [1.165, 1.54) is 0 Å². The second-order valence-electron chi connectivity index (χ2n) is 3.70. The Morgan fingerprint density at radius 2 is 2.38 bits per heavy atom. The molecular formula is C10H11N5O. The lowest BCUT2D eigenvalue weighted by molar-refractivity contribution is 0.411. The van der Waals surface area contributed by atoms with Gasteiger partial charge in [0.2, 0.25) is 0 Å². The molecule has 0 aromatic carbocycles. The highest BCUT2D eigenvalue weighted by Gasteiger charge is 2.22. The summed E-state index contributed by atoms with van der Waals surface area (Å²) in [5.41, 5.74) is 0.610. The van der Waals surface area contributed by atoms with Gasteiger partial charge in [-0.1, -0.05) is 5.16 Å². The van der Waals surface area contributed by atoms with Gasteiger partial charge in [-0.25, -0.2) is 4.98 Å². The second-order valence-corrected chi connectivity index (χ2v) is 3.70. The Morgan fingerprint density at radius 1 is 1.38 bits per heavy atom. The van der Waals surface area contributed by atoms with Crippen LogP contribution in [0.5, 0.6) is 0 Å². The smallest absolute Gasteiger partial charge is 0.278 e. The Hall–Kier alpha value is -1.82. The van der Waals surface area contributed by atoms with Crippen LogP contribution in [0.25, 0.3) is 11.6 Å². The van der Waals surface area contributed by atoms with E-state index in [-0.39, 0.29) is 6.04 Å². The summed E-state index contributed by atoms with van der Waals surface area (Å²) in [4.78, 5) is 12.4. The van der Waals surface area contributed by atoms with E-state index in [1.54, 1.807) is 18.6 Å². The topological polar surface area (TPSA) is 76.7 Å². The van der Waals surface area contributed by atoms with E-state index in [0.717, 1.165) is 19.4 Å². The molecule has 6 heteroatoms. The molecule has 82 valence electrons. The second kappa shape index (κ2) is 3.97. The predicted molar refractivity (Wildman–Crippen MR) is 55.3 cm³/mol. The molecule has 1 aliphatic heterocycles. The zero-order chi connectivity index (χ0) is 10.8. The molecular weight excluding hydrogens is 206 g/mol. The van der Waals surface area contributed by atoms with E-state index in [1.807, 2.05) is 0 Å². The van der Waals surface area contributed by atoms with Gasteiger partial charge >= 0.3 is 0 Å². The van der Waals surface area contributed by atoms with Crippen molar-refractivity contribution in [3.8, 4) is 11.6 Å². The lowest BCUT2D eigenvalue weighted by Crippen LogP contribution is -2.14. The van der Waals surface area contributed by atoms with Gasteiger partial charge < -0.3 is 9.84 Å². The van der Waals surface area contributed by atoms with E-state index < -0.39 is 0 Å². The van der Waals surface area contributed by atoms with Gasteiger partial charge in [0.25, 0.3) is 5.89 Å². The molecule has 0 radical (unpaired) electrons. The van der Waals surface area contributed by atoms with Crippen molar-refractivity contribution in [3.05, 3.63) is 24.4 Å². The van der Waals surface area contributed by atoms with Gasteiger partial charge in [0, 0.05) is 12.4 Å². The van der Waals surface area contributed by atoms with Crippen molar-refractivity contribution in [2.24, 2.45) is 0 Å². The van der Waals surface area contributed by atoms with Crippen molar-refractivity contribution in [1.82, 2.24) is 25.4 Å². The van der Waals surface area contributed by atoms with Crippen LogP contribution in [-0.2, 0) is 0 Å². The first-order chi connectivity index (χ1) is 7.93. The highest BCUT2D eigenvalue weighted by Crippen LogP contribution is 2.22. The van der Waals surface area contributed by atoms with Crippen LogP contribution < -0.4 is 5.32 Å². The average Bonchev–Trinajstić information content (AvgIpc) is 3.01. The summed E-state index contributed by atoms with van der Waals surface area (Å²) < 4.78 is 5.16. The Morgan fingerprint density at radius 3 is 3.12 bits per heavy atom. The number of hydrogen-bond donors (Lipinski definition) is 1. The zero-order valence-corrected chi connectivity index (χ0v) is 8.63. The Balaban J connectivity index is 1.87. The molecule has 3 rings (SSSR count). The first-order valence-corrected chi connectivity index (χ1v) is 5.27. The number of hydrogen-bond acceptors (Lipinski definition) is 6. The molecule has 1 atom stereocenters. The van der Waals surface area contributed by atoms with Gasteiger partial charge in [0.15, 0.2) is 5.82 Å². The summed E-state index contributed by atoms with van der Waals surface area (Å²) in [7, 11) is 0. The van der Waals surface area contributed by atoms with Crippen molar-refractivity contribution >= 4 is 0 Å². The summed E-state index contributed by atoms with van der Waals surface area (Å²) in [6.07, 6.45) is 7.03. The lowest BCUT2D eigenvalue weighted by atomic mass is 10.2. The van der Waals surface area contributed by atoms with Crippen LogP contribution in [0.4, 0.5) is 0 Å².